The molecule has 0 radical (unpaired) electrons. The molecule has 0 saturated carbocycles. The van der Waals surface area contributed by atoms with E-state index in [0.717, 1.165) is 31.7 Å². The fourth-order valence-electron chi connectivity index (χ4n) is 3.20. The maximum atomic E-state index is 12.0. The number of amides is 1. The van der Waals surface area contributed by atoms with Crippen LogP contribution in [0.1, 0.15) is 45.1 Å². The Balaban J connectivity index is 1.63. The normalized spacial score (nSPS) is 19.6. The molecule has 2 rings (SSSR count). The second kappa shape index (κ2) is 9.78. The van der Waals surface area contributed by atoms with Crippen molar-refractivity contribution < 1.29 is 14.6 Å². The third-order valence-electron chi connectivity index (χ3n) is 4.83. The largest absolute Gasteiger partial charge is 0.492 e. The van der Waals surface area contributed by atoms with Crippen molar-refractivity contribution >= 4 is 5.91 Å². The topological polar surface area (TPSA) is 61.8 Å². The molecule has 5 nitrogen and oxygen atoms in total. The lowest BCUT2D eigenvalue weighted by atomic mass is 9.93. The summed E-state index contributed by atoms with van der Waals surface area (Å²) in [4.78, 5) is 14.2. The maximum absolute atomic E-state index is 12.0. The van der Waals surface area contributed by atoms with Crippen LogP contribution in [0.5, 0.6) is 5.75 Å². The minimum atomic E-state index is -0.304. The van der Waals surface area contributed by atoms with Crippen molar-refractivity contribution in [3.63, 3.8) is 0 Å². The van der Waals surface area contributed by atoms with Gasteiger partial charge in [-0.1, -0.05) is 26.0 Å². The van der Waals surface area contributed by atoms with Gasteiger partial charge in [0, 0.05) is 6.54 Å². The molecule has 1 aliphatic heterocycles. The van der Waals surface area contributed by atoms with Crippen molar-refractivity contribution in [2.75, 3.05) is 32.8 Å². The van der Waals surface area contributed by atoms with Crippen molar-refractivity contribution in [2.45, 2.75) is 45.6 Å². The first-order valence-electron chi connectivity index (χ1n) is 9.35. The summed E-state index contributed by atoms with van der Waals surface area (Å²) in [6.07, 6.45) is 1.78. The number of hydrogen-bond acceptors (Lipinski definition) is 4. The number of aliphatic hydroxyl groups excluding tert-OH is 1. The smallest absolute Gasteiger partial charge is 0.234 e. The van der Waals surface area contributed by atoms with Crippen LogP contribution < -0.4 is 10.1 Å². The highest BCUT2D eigenvalue weighted by Crippen LogP contribution is 2.19. The van der Waals surface area contributed by atoms with Gasteiger partial charge < -0.3 is 15.2 Å². The van der Waals surface area contributed by atoms with E-state index in [4.69, 9.17) is 4.74 Å². The van der Waals surface area contributed by atoms with E-state index >= 15 is 0 Å². The van der Waals surface area contributed by atoms with Crippen molar-refractivity contribution in [3.05, 3.63) is 29.8 Å². The van der Waals surface area contributed by atoms with E-state index in [1.54, 1.807) is 0 Å². The van der Waals surface area contributed by atoms with Crippen LogP contribution >= 0.6 is 0 Å². The molecule has 0 spiro atoms. The first-order valence-corrected chi connectivity index (χ1v) is 9.35. The van der Waals surface area contributed by atoms with E-state index in [9.17, 15) is 9.90 Å². The number of nitrogens with zero attached hydrogens (tertiary/aromatic N) is 1. The Morgan fingerprint density at radius 3 is 2.68 bits per heavy atom. The minimum absolute atomic E-state index is 0.0185. The van der Waals surface area contributed by atoms with Crippen molar-refractivity contribution in [1.82, 2.24) is 10.2 Å². The van der Waals surface area contributed by atoms with Gasteiger partial charge in [-0.25, -0.2) is 0 Å². The van der Waals surface area contributed by atoms with Crippen LogP contribution in [0.3, 0.4) is 0 Å². The number of ether oxygens (including phenoxy) is 1. The fraction of sp³-hybridized carbons (Fsp3) is 0.650. The van der Waals surface area contributed by atoms with E-state index in [1.807, 2.05) is 19.1 Å². The molecule has 0 bridgehead atoms. The summed E-state index contributed by atoms with van der Waals surface area (Å²) in [5.74, 6) is 1.63. The lowest BCUT2D eigenvalue weighted by Crippen LogP contribution is -2.45. The molecular weight excluding hydrogens is 316 g/mol. The molecule has 1 aromatic carbocycles. The average molecular weight is 348 g/mol. The van der Waals surface area contributed by atoms with E-state index in [2.05, 4.69) is 36.2 Å². The lowest BCUT2D eigenvalue weighted by Gasteiger charge is -2.33. The highest BCUT2D eigenvalue weighted by Gasteiger charge is 2.24. The average Bonchev–Trinajstić information content (AvgIpc) is 2.59. The molecule has 2 N–H and O–H groups in total. The highest BCUT2D eigenvalue weighted by atomic mass is 16.5. The Kier molecular flexibility index (Phi) is 7.72. The fourth-order valence-corrected chi connectivity index (χ4v) is 3.20. The second-order valence-corrected chi connectivity index (χ2v) is 7.30. The molecule has 5 heteroatoms. The van der Waals surface area contributed by atoms with E-state index in [0.29, 0.717) is 25.6 Å². The molecule has 1 heterocycles. The van der Waals surface area contributed by atoms with Gasteiger partial charge in [0.15, 0.2) is 0 Å². The SMILES string of the molecule is CC(C)c1ccc(OCCNC(=O)CN2CCCC(C(C)O)C2)cc1. The lowest BCUT2D eigenvalue weighted by molar-refractivity contribution is -0.123. The molecule has 2 atom stereocenters. The molecule has 1 aliphatic rings. The van der Waals surface area contributed by atoms with Crippen LogP contribution in [-0.4, -0.2) is 54.8 Å². The summed E-state index contributed by atoms with van der Waals surface area (Å²) in [6.45, 7) is 9.24. The van der Waals surface area contributed by atoms with E-state index in [-0.39, 0.29) is 17.9 Å². The molecule has 1 aromatic rings. The predicted octanol–water partition coefficient (Wildman–Crippen LogP) is 2.40. The maximum Gasteiger partial charge on any atom is 0.234 e. The first-order chi connectivity index (χ1) is 12.0. The van der Waals surface area contributed by atoms with Crippen LogP contribution in [0, 0.1) is 5.92 Å². The van der Waals surface area contributed by atoms with Crippen LogP contribution in [0.15, 0.2) is 24.3 Å². The number of rotatable bonds is 8. The summed E-state index contributed by atoms with van der Waals surface area (Å²) in [6, 6.07) is 8.10. The van der Waals surface area contributed by atoms with Crippen LogP contribution in [0.2, 0.25) is 0 Å². The molecule has 1 saturated heterocycles. The summed E-state index contributed by atoms with van der Waals surface area (Å²) in [5, 5.41) is 12.6. The van der Waals surface area contributed by atoms with Crippen molar-refractivity contribution in [1.29, 1.82) is 0 Å². The Labute approximate surface area is 151 Å². The van der Waals surface area contributed by atoms with Gasteiger partial charge in [0.05, 0.1) is 19.2 Å². The molecule has 0 aliphatic carbocycles. The highest BCUT2D eigenvalue weighted by molar-refractivity contribution is 5.78. The van der Waals surface area contributed by atoms with Gasteiger partial charge in [0.1, 0.15) is 12.4 Å². The Bertz CT molecular complexity index is 528. The number of aliphatic hydroxyl groups is 1. The Morgan fingerprint density at radius 2 is 2.04 bits per heavy atom. The zero-order valence-electron chi connectivity index (χ0n) is 15.7. The summed E-state index contributed by atoms with van der Waals surface area (Å²) >= 11 is 0. The zero-order valence-corrected chi connectivity index (χ0v) is 15.7. The summed E-state index contributed by atoms with van der Waals surface area (Å²) in [7, 11) is 0. The van der Waals surface area contributed by atoms with Crippen LogP contribution in [-0.2, 0) is 4.79 Å². The summed E-state index contributed by atoms with van der Waals surface area (Å²) in [5.41, 5.74) is 1.29. The van der Waals surface area contributed by atoms with Gasteiger partial charge in [-0.05, 0) is 55.8 Å². The van der Waals surface area contributed by atoms with Gasteiger partial charge in [0.25, 0.3) is 0 Å². The minimum Gasteiger partial charge on any atom is -0.492 e. The van der Waals surface area contributed by atoms with Gasteiger partial charge in [-0.15, -0.1) is 0 Å². The number of nitrogens with one attached hydrogen (secondary N) is 1. The predicted molar refractivity (Wildman–Crippen MR) is 99.9 cm³/mol. The molecule has 140 valence electrons. The Hall–Kier alpha value is -1.59. The van der Waals surface area contributed by atoms with E-state index in [1.165, 1.54) is 5.56 Å². The number of likely N-dealkylation sites (tertiary alicyclic amines) is 1. The third kappa shape index (κ3) is 6.67. The van der Waals surface area contributed by atoms with Gasteiger partial charge in [-0.3, -0.25) is 9.69 Å². The standard InChI is InChI=1S/C20H32N2O3/c1-15(2)17-6-8-19(9-7-17)25-12-10-21-20(24)14-22-11-4-5-18(13-22)16(3)23/h6-9,15-16,18,23H,4-5,10-14H2,1-3H3,(H,21,24). The molecule has 1 fully saturated rings. The number of hydrogen-bond donors (Lipinski definition) is 2. The summed E-state index contributed by atoms with van der Waals surface area (Å²) < 4.78 is 5.67. The van der Waals surface area contributed by atoms with Gasteiger partial charge >= 0.3 is 0 Å². The number of carbonyl (C=O) groups is 1. The van der Waals surface area contributed by atoms with Gasteiger partial charge in [0.2, 0.25) is 5.91 Å². The first kappa shape index (κ1) is 19.7. The molecular formula is C20H32N2O3. The van der Waals surface area contributed by atoms with Crippen molar-refractivity contribution in [3.8, 4) is 5.75 Å². The van der Waals surface area contributed by atoms with Crippen LogP contribution in [0.4, 0.5) is 0 Å². The second-order valence-electron chi connectivity index (χ2n) is 7.30. The van der Waals surface area contributed by atoms with Crippen LogP contribution in [0.25, 0.3) is 0 Å². The molecule has 25 heavy (non-hydrogen) atoms. The molecule has 1 amide bonds. The molecule has 0 aromatic heterocycles. The monoisotopic (exact) mass is 348 g/mol. The number of piperidine rings is 1. The quantitative estimate of drug-likeness (QED) is 0.708. The third-order valence-corrected chi connectivity index (χ3v) is 4.83. The van der Waals surface area contributed by atoms with Gasteiger partial charge in [-0.2, -0.15) is 0 Å². The van der Waals surface area contributed by atoms with E-state index < -0.39 is 0 Å². The Morgan fingerprint density at radius 1 is 1.32 bits per heavy atom. The zero-order chi connectivity index (χ0) is 18.2. The number of carbonyl (C=O) groups excluding carboxylic acids is 1. The molecule has 2 unspecified atom stereocenters. The number of benzene rings is 1. The van der Waals surface area contributed by atoms with Crippen molar-refractivity contribution in [2.24, 2.45) is 5.92 Å².